The van der Waals surface area contributed by atoms with Crippen LogP contribution in [0.25, 0.3) is 0 Å². The van der Waals surface area contributed by atoms with Gasteiger partial charge in [0.05, 0.1) is 11.8 Å². The summed E-state index contributed by atoms with van der Waals surface area (Å²) in [6.07, 6.45) is 0.296. The number of anilines is 1. The molecule has 17 heavy (non-hydrogen) atoms. The van der Waals surface area contributed by atoms with Crippen molar-refractivity contribution in [3.8, 4) is 0 Å². The molecular weight excluding hydrogens is 217 g/mol. The van der Waals surface area contributed by atoms with Crippen molar-refractivity contribution in [2.45, 2.75) is 45.8 Å². The van der Waals surface area contributed by atoms with Gasteiger partial charge in [0.15, 0.2) is 0 Å². The SMILES string of the molecule is CCC(C)(C)N(C)c1ccc(C(C)O)cc1F. The maximum absolute atomic E-state index is 14.0. The minimum absolute atomic E-state index is 0.0901. The Balaban J connectivity index is 3.08. The lowest BCUT2D eigenvalue weighted by Gasteiger charge is -2.37. The Labute approximate surface area is 103 Å². The van der Waals surface area contributed by atoms with Crippen molar-refractivity contribution < 1.29 is 9.50 Å². The van der Waals surface area contributed by atoms with Crippen molar-refractivity contribution in [3.05, 3.63) is 29.6 Å². The third kappa shape index (κ3) is 2.97. The maximum atomic E-state index is 14.0. The topological polar surface area (TPSA) is 23.5 Å². The molecule has 0 aromatic heterocycles. The van der Waals surface area contributed by atoms with Gasteiger partial charge in [-0.2, -0.15) is 0 Å². The molecule has 0 amide bonds. The van der Waals surface area contributed by atoms with Gasteiger partial charge in [-0.3, -0.25) is 0 Å². The molecular formula is C14H22FNO. The molecule has 0 fully saturated rings. The van der Waals surface area contributed by atoms with Crippen molar-refractivity contribution in [2.24, 2.45) is 0 Å². The third-order valence-corrected chi connectivity index (χ3v) is 3.59. The zero-order valence-electron chi connectivity index (χ0n) is 11.3. The molecule has 0 saturated heterocycles. The fourth-order valence-electron chi connectivity index (χ4n) is 1.62. The standard InChI is InChI=1S/C14H22FNO/c1-6-14(3,4)16(5)13-8-7-11(10(2)17)9-12(13)15/h7-10,17H,6H2,1-5H3. The van der Waals surface area contributed by atoms with E-state index in [9.17, 15) is 9.50 Å². The van der Waals surface area contributed by atoms with Gasteiger partial charge in [0.25, 0.3) is 0 Å². The summed E-state index contributed by atoms with van der Waals surface area (Å²) in [5.41, 5.74) is 1.09. The van der Waals surface area contributed by atoms with E-state index < -0.39 is 6.10 Å². The normalized spacial score (nSPS) is 13.6. The van der Waals surface area contributed by atoms with Crippen LogP contribution in [0.15, 0.2) is 18.2 Å². The van der Waals surface area contributed by atoms with Crippen molar-refractivity contribution >= 4 is 5.69 Å². The lowest BCUT2D eigenvalue weighted by atomic mass is 9.98. The van der Waals surface area contributed by atoms with Crippen LogP contribution in [0.5, 0.6) is 0 Å². The highest BCUT2D eigenvalue weighted by Gasteiger charge is 2.23. The molecule has 0 saturated carbocycles. The van der Waals surface area contributed by atoms with Gasteiger partial charge in [0.1, 0.15) is 5.82 Å². The Morgan fingerprint density at radius 2 is 2.00 bits per heavy atom. The Hall–Kier alpha value is -1.09. The lowest BCUT2D eigenvalue weighted by Crippen LogP contribution is -2.41. The monoisotopic (exact) mass is 239 g/mol. The molecule has 0 aliphatic carbocycles. The van der Waals surface area contributed by atoms with Crippen molar-refractivity contribution in [2.75, 3.05) is 11.9 Å². The summed E-state index contributed by atoms with van der Waals surface area (Å²) in [5, 5.41) is 9.40. The molecule has 1 N–H and O–H groups in total. The molecule has 1 aromatic rings. The maximum Gasteiger partial charge on any atom is 0.146 e. The van der Waals surface area contributed by atoms with Gasteiger partial charge in [-0.05, 0) is 44.9 Å². The molecule has 96 valence electrons. The van der Waals surface area contributed by atoms with Gasteiger partial charge in [0.2, 0.25) is 0 Å². The average Bonchev–Trinajstić information content (AvgIpc) is 2.27. The molecule has 2 nitrogen and oxygen atoms in total. The first-order valence-electron chi connectivity index (χ1n) is 6.01. The quantitative estimate of drug-likeness (QED) is 0.869. The highest BCUT2D eigenvalue weighted by molar-refractivity contribution is 5.50. The van der Waals surface area contributed by atoms with Crippen LogP contribution in [0.4, 0.5) is 10.1 Å². The second kappa shape index (κ2) is 5.05. The van der Waals surface area contributed by atoms with E-state index >= 15 is 0 Å². The molecule has 1 unspecified atom stereocenters. The van der Waals surface area contributed by atoms with Gasteiger partial charge in [-0.15, -0.1) is 0 Å². The summed E-state index contributed by atoms with van der Waals surface area (Å²) < 4.78 is 14.0. The smallest absolute Gasteiger partial charge is 0.146 e. The average molecular weight is 239 g/mol. The summed E-state index contributed by atoms with van der Waals surface area (Å²) in [6, 6.07) is 4.91. The highest BCUT2D eigenvalue weighted by atomic mass is 19.1. The van der Waals surface area contributed by atoms with E-state index in [4.69, 9.17) is 0 Å². The fraction of sp³-hybridized carbons (Fsp3) is 0.571. The molecule has 3 heteroatoms. The van der Waals surface area contributed by atoms with E-state index in [1.807, 2.05) is 11.9 Å². The second-order valence-corrected chi connectivity index (χ2v) is 5.11. The predicted octanol–water partition coefficient (Wildman–Crippen LogP) is 3.50. The van der Waals surface area contributed by atoms with Crippen molar-refractivity contribution in [1.82, 2.24) is 0 Å². The van der Waals surface area contributed by atoms with E-state index in [1.54, 1.807) is 19.1 Å². The Morgan fingerprint density at radius 1 is 1.41 bits per heavy atom. The molecule has 1 atom stereocenters. The number of hydrogen-bond acceptors (Lipinski definition) is 2. The van der Waals surface area contributed by atoms with E-state index in [0.29, 0.717) is 11.3 Å². The molecule has 0 radical (unpaired) electrons. The van der Waals surface area contributed by atoms with Gasteiger partial charge in [-0.25, -0.2) is 4.39 Å². The summed E-state index contributed by atoms with van der Waals surface area (Å²) in [4.78, 5) is 1.94. The summed E-state index contributed by atoms with van der Waals surface area (Å²) in [5.74, 6) is -0.285. The Kier molecular flexibility index (Phi) is 4.15. The molecule has 0 heterocycles. The van der Waals surface area contributed by atoms with Crippen LogP contribution in [-0.4, -0.2) is 17.7 Å². The number of aliphatic hydroxyl groups excluding tert-OH is 1. The molecule has 0 aliphatic rings. The van der Waals surface area contributed by atoms with Crippen LogP contribution >= 0.6 is 0 Å². The van der Waals surface area contributed by atoms with Gasteiger partial charge in [0, 0.05) is 12.6 Å². The number of hydrogen-bond donors (Lipinski definition) is 1. The highest BCUT2D eigenvalue weighted by Crippen LogP contribution is 2.28. The van der Waals surface area contributed by atoms with Crippen LogP contribution in [0.2, 0.25) is 0 Å². The van der Waals surface area contributed by atoms with Gasteiger partial charge >= 0.3 is 0 Å². The minimum atomic E-state index is -0.636. The van der Waals surface area contributed by atoms with Gasteiger partial charge in [-0.1, -0.05) is 13.0 Å². The molecule has 0 bridgehead atoms. The summed E-state index contributed by atoms with van der Waals surface area (Å²) in [6.45, 7) is 7.87. The van der Waals surface area contributed by atoms with Crippen LogP contribution < -0.4 is 4.90 Å². The zero-order chi connectivity index (χ0) is 13.2. The Morgan fingerprint density at radius 3 is 2.41 bits per heavy atom. The predicted molar refractivity (Wildman–Crippen MR) is 69.8 cm³/mol. The molecule has 1 rings (SSSR count). The van der Waals surface area contributed by atoms with E-state index in [2.05, 4.69) is 20.8 Å². The number of rotatable bonds is 4. The first-order valence-corrected chi connectivity index (χ1v) is 6.01. The zero-order valence-corrected chi connectivity index (χ0v) is 11.3. The van der Waals surface area contributed by atoms with Crippen LogP contribution in [0.3, 0.4) is 0 Å². The first-order chi connectivity index (χ1) is 7.79. The van der Waals surface area contributed by atoms with E-state index in [0.717, 1.165) is 6.42 Å². The lowest BCUT2D eigenvalue weighted by molar-refractivity contribution is 0.199. The number of benzene rings is 1. The second-order valence-electron chi connectivity index (χ2n) is 5.11. The molecule has 1 aromatic carbocycles. The Bertz CT molecular complexity index is 388. The third-order valence-electron chi connectivity index (χ3n) is 3.59. The van der Waals surface area contributed by atoms with Crippen LogP contribution in [0, 0.1) is 5.82 Å². The van der Waals surface area contributed by atoms with E-state index in [1.165, 1.54) is 6.07 Å². The largest absolute Gasteiger partial charge is 0.389 e. The van der Waals surface area contributed by atoms with Gasteiger partial charge < -0.3 is 10.0 Å². The number of halogens is 1. The number of nitrogens with zero attached hydrogens (tertiary/aromatic N) is 1. The first kappa shape index (κ1) is 14.0. The summed E-state index contributed by atoms with van der Waals surface area (Å²) >= 11 is 0. The fourth-order valence-corrected chi connectivity index (χ4v) is 1.62. The molecule has 0 spiro atoms. The van der Waals surface area contributed by atoms with Crippen molar-refractivity contribution in [3.63, 3.8) is 0 Å². The van der Waals surface area contributed by atoms with Crippen LogP contribution in [0.1, 0.15) is 45.8 Å². The number of aliphatic hydroxyl groups is 1. The summed E-state index contributed by atoms with van der Waals surface area (Å²) in [7, 11) is 1.89. The minimum Gasteiger partial charge on any atom is -0.389 e. The van der Waals surface area contributed by atoms with Crippen LogP contribution in [-0.2, 0) is 0 Å². The van der Waals surface area contributed by atoms with E-state index in [-0.39, 0.29) is 11.4 Å². The molecule has 0 aliphatic heterocycles. The van der Waals surface area contributed by atoms with Crippen molar-refractivity contribution in [1.29, 1.82) is 0 Å².